The first-order chi connectivity index (χ1) is 9.81. The van der Waals surface area contributed by atoms with Gasteiger partial charge in [0.1, 0.15) is 5.75 Å². The van der Waals surface area contributed by atoms with Crippen molar-refractivity contribution < 1.29 is 4.74 Å². The number of rotatable bonds is 7. The van der Waals surface area contributed by atoms with E-state index in [0.717, 1.165) is 43.1 Å². The van der Waals surface area contributed by atoms with Crippen LogP contribution in [0, 0.1) is 17.8 Å². The third kappa shape index (κ3) is 2.98. The first-order valence-corrected chi connectivity index (χ1v) is 8.13. The van der Waals surface area contributed by atoms with Gasteiger partial charge in [-0.1, -0.05) is 13.8 Å². The van der Waals surface area contributed by atoms with Crippen LogP contribution in [0.15, 0.2) is 18.5 Å². The quantitative estimate of drug-likeness (QED) is 0.825. The molecule has 110 valence electrons. The van der Waals surface area contributed by atoms with Gasteiger partial charge in [0.05, 0.1) is 12.8 Å². The summed E-state index contributed by atoms with van der Waals surface area (Å²) < 4.78 is 5.73. The van der Waals surface area contributed by atoms with Gasteiger partial charge in [0.15, 0.2) is 0 Å². The van der Waals surface area contributed by atoms with Gasteiger partial charge < -0.3 is 10.1 Å². The standard InChI is InChI=1S/C17H26N2O/c1-3-5-20-16-9-15(10-18-11-16)17(19-4-2)14-7-12-6-13(12)8-14/h9-14,17,19H,3-8H2,1-2H3. The largest absolute Gasteiger partial charge is 0.492 e. The zero-order valence-electron chi connectivity index (χ0n) is 12.6. The molecule has 1 N–H and O–H groups in total. The minimum atomic E-state index is 0.450. The predicted molar refractivity (Wildman–Crippen MR) is 80.8 cm³/mol. The molecule has 0 amide bonds. The molecule has 1 heterocycles. The van der Waals surface area contributed by atoms with Crippen LogP contribution in [0.3, 0.4) is 0 Å². The van der Waals surface area contributed by atoms with E-state index in [0.29, 0.717) is 6.04 Å². The average molecular weight is 274 g/mol. The maximum absolute atomic E-state index is 5.73. The van der Waals surface area contributed by atoms with Crippen molar-refractivity contribution in [3.05, 3.63) is 24.0 Å². The Kier molecular flexibility index (Phi) is 4.25. The fourth-order valence-electron chi connectivity index (χ4n) is 3.71. The lowest BCUT2D eigenvalue weighted by atomic mass is 9.90. The summed E-state index contributed by atoms with van der Waals surface area (Å²) in [6.45, 7) is 6.10. The second kappa shape index (κ2) is 6.13. The van der Waals surface area contributed by atoms with E-state index in [2.05, 4.69) is 30.2 Å². The maximum atomic E-state index is 5.73. The van der Waals surface area contributed by atoms with Crippen molar-refractivity contribution in [1.82, 2.24) is 10.3 Å². The second-order valence-corrected chi connectivity index (χ2v) is 6.33. The molecule has 2 aliphatic rings. The van der Waals surface area contributed by atoms with E-state index in [9.17, 15) is 0 Å². The van der Waals surface area contributed by atoms with Crippen molar-refractivity contribution in [1.29, 1.82) is 0 Å². The summed E-state index contributed by atoms with van der Waals surface area (Å²) in [6.07, 6.45) is 9.13. The van der Waals surface area contributed by atoms with Gasteiger partial charge in [0, 0.05) is 12.2 Å². The highest BCUT2D eigenvalue weighted by molar-refractivity contribution is 5.27. The Bertz CT molecular complexity index is 438. The normalized spacial score (nSPS) is 29.0. The molecule has 2 fully saturated rings. The summed E-state index contributed by atoms with van der Waals surface area (Å²) in [5.41, 5.74) is 1.30. The third-order valence-electron chi connectivity index (χ3n) is 4.74. The van der Waals surface area contributed by atoms with Gasteiger partial charge in [-0.25, -0.2) is 0 Å². The molecule has 3 unspecified atom stereocenters. The van der Waals surface area contributed by atoms with E-state index in [4.69, 9.17) is 4.74 Å². The first kappa shape index (κ1) is 13.9. The van der Waals surface area contributed by atoms with Crippen molar-refractivity contribution >= 4 is 0 Å². The van der Waals surface area contributed by atoms with E-state index in [1.165, 1.54) is 24.8 Å². The van der Waals surface area contributed by atoms with E-state index >= 15 is 0 Å². The molecular weight excluding hydrogens is 248 g/mol. The number of pyridine rings is 1. The highest BCUT2D eigenvalue weighted by Crippen LogP contribution is 2.57. The molecule has 0 spiro atoms. The Morgan fingerprint density at radius 2 is 2.05 bits per heavy atom. The lowest BCUT2D eigenvalue weighted by Gasteiger charge is -2.26. The molecular formula is C17H26N2O. The zero-order chi connectivity index (χ0) is 13.9. The molecule has 3 nitrogen and oxygen atoms in total. The number of aromatic nitrogens is 1. The van der Waals surface area contributed by atoms with E-state index in [1.807, 2.05) is 12.4 Å². The van der Waals surface area contributed by atoms with Gasteiger partial charge in [0.2, 0.25) is 0 Å². The summed E-state index contributed by atoms with van der Waals surface area (Å²) in [7, 11) is 0. The Morgan fingerprint density at radius 1 is 1.25 bits per heavy atom. The number of hydrogen-bond donors (Lipinski definition) is 1. The van der Waals surface area contributed by atoms with Crippen LogP contribution in [-0.2, 0) is 0 Å². The zero-order valence-corrected chi connectivity index (χ0v) is 12.6. The Labute approximate surface area is 122 Å². The first-order valence-electron chi connectivity index (χ1n) is 8.13. The fourth-order valence-corrected chi connectivity index (χ4v) is 3.71. The highest BCUT2D eigenvalue weighted by Gasteiger charge is 2.48. The predicted octanol–water partition coefficient (Wildman–Crippen LogP) is 3.57. The number of hydrogen-bond acceptors (Lipinski definition) is 3. The van der Waals surface area contributed by atoms with E-state index in [-0.39, 0.29) is 0 Å². The molecule has 3 atom stereocenters. The Hall–Kier alpha value is -1.09. The van der Waals surface area contributed by atoms with Crippen LogP contribution in [0.5, 0.6) is 5.75 Å². The van der Waals surface area contributed by atoms with Gasteiger partial charge >= 0.3 is 0 Å². The van der Waals surface area contributed by atoms with Crippen LogP contribution in [0.4, 0.5) is 0 Å². The molecule has 0 aliphatic heterocycles. The molecule has 1 aromatic rings. The average Bonchev–Trinajstić information content (AvgIpc) is 3.09. The van der Waals surface area contributed by atoms with Gasteiger partial charge in [-0.15, -0.1) is 0 Å². The van der Waals surface area contributed by atoms with Crippen molar-refractivity contribution in [2.24, 2.45) is 17.8 Å². The molecule has 2 saturated carbocycles. The van der Waals surface area contributed by atoms with Gasteiger partial charge in [-0.3, -0.25) is 4.98 Å². The topological polar surface area (TPSA) is 34.1 Å². The maximum Gasteiger partial charge on any atom is 0.137 e. The van der Waals surface area contributed by atoms with Gasteiger partial charge in [0.25, 0.3) is 0 Å². The van der Waals surface area contributed by atoms with Crippen molar-refractivity contribution in [3.63, 3.8) is 0 Å². The monoisotopic (exact) mass is 274 g/mol. The fraction of sp³-hybridized carbons (Fsp3) is 0.706. The van der Waals surface area contributed by atoms with Crippen molar-refractivity contribution in [3.8, 4) is 5.75 Å². The van der Waals surface area contributed by atoms with Crippen LogP contribution in [0.25, 0.3) is 0 Å². The van der Waals surface area contributed by atoms with Crippen molar-refractivity contribution in [2.75, 3.05) is 13.2 Å². The summed E-state index contributed by atoms with van der Waals surface area (Å²) in [4.78, 5) is 4.38. The molecule has 3 rings (SSSR count). The lowest BCUT2D eigenvalue weighted by molar-refractivity contribution is 0.312. The molecule has 1 aromatic heterocycles. The molecule has 0 bridgehead atoms. The number of fused-ring (bicyclic) bond motifs is 1. The smallest absolute Gasteiger partial charge is 0.137 e. The summed E-state index contributed by atoms with van der Waals surface area (Å²) in [5, 5.41) is 3.67. The molecule has 2 aliphatic carbocycles. The van der Waals surface area contributed by atoms with Crippen molar-refractivity contribution in [2.45, 2.75) is 45.6 Å². The Balaban J connectivity index is 1.72. The summed E-state index contributed by atoms with van der Waals surface area (Å²) in [5.74, 6) is 3.74. The summed E-state index contributed by atoms with van der Waals surface area (Å²) >= 11 is 0. The number of nitrogens with zero attached hydrogens (tertiary/aromatic N) is 1. The van der Waals surface area contributed by atoms with Crippen LogP contribution >= 0.6 is 0 Å². The number of ether oxygens (including phenoxy) is 1. The van der Waals surface area contributed by atoms with Crippen LogP contribution in [-0.4, -0.2) is 18.1 Å². The molecule has 0 radical (unpaired) electrons. The van der Waals surface area contributed by atoms with Gasteiger partial charge in [-0.2, -0.15) is 0 Å². The van der Waals surface area contributed by atoms with E-state index < -0.39 is 0 Å². The molecule has 0 saturated heterocycles. The van der Waals surface area contributed by atoms with Gasteiger partial charge in [-0.05, 0) is 61.6 Å². The molecule has 0 aromatic carbocycles. The summed E-state index contributed by atoms with van der Waals surface area (Å²) in [6, 6.07) is 2.63. The minimum Gasteiger partial charge on any atom is -0.492 e. The minimum absolute atomic E-state index is 0.450. The molecule has 20 heavy (non-hydrogen) atoms. The van der Waals surface area contributed by atoms with E-state index in [1.54, 1.807) is 0 Å². The van der Waals surface area contributed by atoms with Crippen LogP contribution in [0.1, 0.15) is 51.1 Å². The second-order valence-electron chi connectivity index (χ2n) is 6.33. The highest BCUT2D eigenvalue weighted by atomic mass is 16.5. The Morgan fingerprint density at radius 3 is 2.75 bits per heavy atom. The van der Waals surface area contributed by atoms with Crippen LogP contribution in [0.2, 0.25) is 0 Å². The molecule has 3 heteroatoms. The SMILES string of the molecule is CCCOc1cncc(C(NCC)C2CC3CC3C2)c1. The third-order valence-corrected chi connectivity index (χ3v) is 4.74. The lowest BCUT2D eigenvalue weighted by Crippen LogP contribution is -2.27. The number of nitrogens with one attached hydrogen (secondary N) is 1. The van der Waals surface area contributed by atoms with Crippen LogP contribution < -0.4 is 10.1 Å².